The van der Waals surface area contributed by atoms with E-state index >= 15 is 0 Å². The summed E-state index contributed by atoms with van der Waals surface area (Å²) in [5, 5.41) is 3.35. The van der Waals surface area contributed by atoms with Gasteiger partial charge in [0.2, 0.25) is 0 Å². The molecule has 4 heteroatoms. The van der Waals surface area contributed by atoms with Crippen molar-refractivity contribution in [2.24, 2.45) is 0 Å². The first kappa shape index (κ1) is 15.0. The molecule has 18 heavy (non-hydrogen) atoms. The lowest BCUT2D eigenvalue weighted by Crippen LogP contribution is -2.31. The first-order chi connectivity index (χ1) is 8.36. The fourth-order valence-corrected chi connectivity index (χ4v) is 1.81. The summed E-state index contributed by atoms with van der Waals surface area (Å²) in [6.07, 6.45) is -3.21. The third-order valence-electron chi connectivity index (χ3n) is 3.23. The van der Waals surface area contributed by atoms with Crippen molar-refractivity contribution in [3.05, 3.63) is 35.4 Å². The van der Waals surface area contributed by atoms with Gasteiger partial charge < -0.3 is 5.32 Å². The van der Waals surface area contributed by atoms with Gasteiger partial charge in [-0.05, 0) is 43.5 Å². The van der Waals surface area contributed by atoms with Crippen LogP contribution in [0.25, 0.3) is 0 Å². The fourth-order valence-electron chi connectivity index (χ4n) is 1.81. The van der Waals surface area contributed by atoms with Crippen LogP contribution in [-0.2, 0) is 6.18 Å². The Bertz CT molecular complexity index is 356. The van der Waals surface area contributed by atoms with Gasteiger partial charge in [-0.2, -0.15) is 13.2 Å². The molecule has 1 aromatic carbocycles. The van der Waals surface area contributed by atoms with E-state index in [0.717, 1.165) is 30.7 Å². The van der Waals surface area contributed by atoms with Crippen molar-refractivity contribution in [2.45, 2.75) is 45.3 Å². The van der Waals surface area contributed by atoms with Crippen LogP contribution < -0.4 is 5.32 Å². The van der Waals surface area contributed by atoms with Crippen molar-refractivity contribution in [1.82, 2.24) is 5.32 Å². The summed E-state index contributed by atoms with van der Waals surface area (Å²) < 4.78 is 37.3. The fraction of sp³-hybridized carbons (Fsp3) is 0.571. The molecule has 0 aromatic heterocycles. The van der Waals surface area contributed by atoms with Crippen LogP contribution in [0.2, 0.25) is 0 Å². The van der Waals surface area contributed by atoms with Crippen LogP contribution in [0.15, 0.2) is 24.3 Å². The van der Waals surface area contributed by atoms with Crippen molar-refractivity contribution in [2.75, 3.05) is 6.54 Å². The largest absolute Gasteiger partial charge is 0.416 e. The van der Waals surface area contributed by atoms with Gasteiger partial charge >= 0.3 is 6.18 Å². The summed E-state index contributed by atoms with van der Waals surface area (Å²) in [5.74, 6) is 0.193. The van der Waals surface area contributed by atoms with Gasteiger partial charge in [0.1, 0.15) is 0 Å². The van der Waals surface area contributed by atoms with Crippen LogP contribution >= 0.6 is 0 Å². The van der Waals surface area contributed by atoms with Gasteiger partial charge in [-0.15, -0.1) is 0 Å². The standard InChI is InChI=1S/C14H20F3N/c1-4-9-18-11(3)10(2)12-5-7-13(8-6-12)14(15,16)17/h5-8,10-11,18H,4,9H2,1-3H3. The number of hydrogen-bond acceptors (Lipinski definition) is 1. The Kier molecular flexibility index (Phi) is 5.20. The van der Waals surface area contributed by atoms with Gasteiger partial charge in [-0.3, -0.25) is 0 Å². The molecule has 1 aromatic rings. The van der Waals surface area contributed by atoms with E-state index in [1.807, 2.05) is 6.92 Å². The lowest BCUT2D eigenvalue weighted by Gasteiger charge is -2.22. The number of hydrogen-bond donors (Lipinski definition) is 1. The molecular weight excluding hydrogens is 239 g/mol. The third-order valence-corrected chi connectivity index (χ3v) is 3.23. The van der Waals surface area contributed by atoms with Gasteiger partial charge in [-0.1, -0.05) is 26.0 Å². The lowest BCUT2D eigenvalue weighted by molar-refractivity contribution is -0.137. The molecule has 0 heterocycles. The predicted molar refractivity (Wildman–Crippen MR) is 67.6 cm³/mol. The molecule has 2 atom stereocenters. The van der Waals surface area contributed by atoms with Crippen molar-refractivity contribution in [1.29, 1.82) is 0 Å². The highest BCUT2D eigenvalue weighted by molar-refractivity contribution is 5.27. The van der Waals surface area contributed by atoms with Gasteiger partial charge in [0.25, 0.3) is 0 Å². The molecule has 0 radical (unpaired) electrons. The monoisotopic (exact) mass is 259 g/mol. The van der Waals surface area contributed by atoms with Crippen LogP contribution in [0.5, 0.6) is 0 Å². The molecule has 0 aliphatic heterocycles. The number of halogens is 3. The van der Waals surface area contributed by atoms with Crippen LogP contribution in [0, 0.1) is 0 Å². The molecule has 0 saturated carbocycles. The maximum absolute atomic E-state index is 12.4. The van der Waals surface area contributed by atoms with Crippen molar-refractivity contribution >= 4 is 0 Å². The Labute approximate surface area is 106 Å². The second-order valence-electron chi connectivity index (χ2n) is 4.65. The zero-order valence-corrected chi connectivity index (χ0v) is 11.0. The number of rotatable bonds is 5. The van der Waals surface area contributed by atoms with Crippen LogP contribution in [0.1, 0.15) is 44.2 Å². The molecule has 1 N–H and O–H groups in total. The average molecular weight is 259 g/mol. The predicted octanol–water partition coefficient (Wildman–Crippen LogP) is 4.20. The molecule has 0 aliphatic rings. The van der Waals surface area contributed by atoms with E-state index in [1.165, 1.54) is 0 Å². The zero-order chi connectivity index (χ0) is 13.8. The highest BCUT2D eigenvalue weighted by Gasteiger charge is 2.30. The van der Waals surface area contributed by atoms with E-state index in [9.17, 15) is 13.2 Å². The second-order valence-corrected chi connectivity index (χ2v) is 4.65. The van der Waals surface area contributed by atoms with Crippen LogP contribution in [0.4, 0.5) is 13.2 Å². The number of nitrogens with one attached hydrogen (secondary N) is 1. The maximum Gasteiger partial charge on any atom is 0.416 e. The highest BCUT2D eigenvalue weighted by Crippen LogP contribution is 2.30. The summed E-state index contributed by atoms with van der Waals surface area (Å²) in [7, 11) is 0. The SMILES string of the molecule is CCCNC(C)C(C)c1ccc(C(F)(F)F)cc1. The van der Waals surface area contributed by atoms with Crippen LogP contribution in [0.3, 0.4) is 0 Å². The first-order valence-electron chi connectivity index (χ1n) is 6.26. The van der Waals surface area contributed by atoms with Gasteiger partial charge in [0.15, 0.2) is 0 Å². The molecule has 1 nitrogen and oxygen atoms in total. The Hall–Kier alpha value is -1.03. The summed E-state index contributed by atoms with van der Waals surface area (Å²) in [6.45, 7) is 7.09. The summed E-state index contributed by atoms with van der Waals surface area (Å²) in [6, 6.07) is 5.69. The van der Waals surface area contributed by atoms with Crippen molar-refractivity contribution in [3.8, 4) is 0 Å². The van der Waals surface area contributed by atoms with Gasteiger partial charge in [0.05, 0.1) is 5.56 Å². The Morgan fingerprint density at radius 1 is 1.11 bits per heavy atom. The summed E-state index contributed by atoms with van der Waals surface area (Å²) >= 11 is 0. The average Bonchev–Trinajstić information content (AvgIpc) is 2.34. The number of alkyl halides is 3. The molecule has 102 valence electrons. The molecule has 2 unspecified atom stereocenters. The molecule has 1 rings (SSSR count). The maximum atomic E-state index is 12.4. The minimum atomic E-state index is -4.26. The van der Waals surface area contributed by atoms with E-state index in [2.05, 4.69) is 19.2 Å². The van der Waals surface area contributed by atoms with Gasteiger partial charge in [0, 0.05) is 6.04 Å². The smallest absolute Gasteiger partial charge is 0.314 e. The van der Waals surface area contributed by atoms with Crippen molar-refractivity contribution < 1.29 is 13.2 Å². The normalized spacial score (nSPS) is 15.4. The van der Waals surface area contributed by atoms with Crippen LogP contribution in [-0.4, -0.2) is 12.6 Å². The quantitative estimate of drug-likeness (QED) is 0.835. The molecule has 0 bridgehead atoms. The minimum absolute atomic E-state index is 0.193. The Morgan fingerprint density at radius 3 is 2.11 bits per heavy atom. The van der Waals surface area contributed by atoms with E-state index in [4.69, 9.17) is 0 Å². The van der Waals surface area contributed by atoms with Crippen molar-refractivity contribution in [3.63, 3.8) is 0 Å². The Morgan fingerprint density at radius 2 is 1.67 bits per heavy atom. The molecule has 0 fully saturated rings. The molecule has 0 saturated heterocycles. The molecule has 0 amide bonds. The summed E-state index contributed by atoms with van der Waals surface area (Å²) in [4.78, 5) is 0. The van der Waals surface area contributed by atoms with Gasteiger partial charge in [-0.25, -0.2) is 0 Å². The lowest BCUT2D eigenvalue weighted by atomic mass is 9.93. The Balaban J connectivity index is 2.72. The first-order valence-corrected chi connectivity index (χ1v) is 6.26. The van der Waals surface area contributed by atoms with E-state index in [0.29, 0.717) is 0 Å². The summed E-state index contributed by atoms with van der Waals surface area (Å²) in [5.41, 5.74) is 0.340. The molecule has 0 spiro atoms. The van der Waals surface area contributed by atoms with E-state index in [1.54, 1.807) is 12.1 Å². The topological polar surface area (TPSA) is 12.0 Å². The highest BCUT2D eigenvalue weighted by atomic mass is 19.4. The number of benzene rings is 1. The molecular formula is C14H20F3N. The zero-order valence-electron chi connectivity index (χ0n) is 11.0. The molecule has 0 aliphatic carbocycles. The second kappa shape index (κ2) is 6.23. The minimum Gasteiger partial charge on any atom is -0.314 e. The van der Waals surface area contributed by atoms with E-state index < -0.39 is 11.7 Å². The van der Waals surface area contributed by atoms with E-state index in [-0.39, 0.29) is 12.0 Å². The third kappa shape index (κ3) is 4.02.